The van der Waals surface area contributed by atoms with Crippen molar-refractivity contribution in [1.29, 1.82) is 0 Å². The van der Waals surface area contributed by atoms with Crippen LogP contribution in [-0.2, 0) is 10.7 Å². The van der Waals surface area contributed by atoms with Crippen LogP contribution in [0.3, 0.4) is 0 Å². The molecule has 0 spiro atoms. The van der Waals surface area contributed by atoms with Crippen molar-refractivity contribution in [2.45, 2.75) is 6.16 Å². The van der Waals surface area contributed by atoms with Gasteiger partial charge in [-0.2, -0.15) is 0 Å². The Bertz CT molecular complexity index is 359. The molecule has 0 heterocycles. The minimum atomic E-state index is -2.02. The van der Waals surface area contributed by atoms with Gasteiger partial charge >= 0.3 is 0 Å². The number of rotatable bonds is 2. The molecular formula is C9H13BrNOP. The number of anilines is 1. The molecule has 0 aliphatic rings. The molecule has 2 nitrogen and oxygen atoms in total. The highest BCUT2D eigenvalue weighted by Gasteiger charge is 2.10. The Morgan fingerprint density at radius 2 is 2.08 bits per heavy atom. The van der Waals surface area contributed by atoms with Gasteiger partial charge in [0.1, 0.15) is 0 Å². The van der Waals surface area contributed by atoms with Crippen LogP contribution in [-0.4, -0.2) is 13.3 Å². The number of hydrogen-bond donors (Lipinski definition) is 1. The summed E-state index contributed by atoms with van der Waals surface area (Å²) < 4.78 is 12.5. The maximum Gasteiger partial charge on any atom is 0.0861 e. The lowest BCUT2D eigenvalue weighted by atomic mass is 10.2. The molecule has 13 heavy (non-hydrogen) atoms. The maximum absolute atomic E-state index is 11.6. The molecule has 1 aromatic carbocycles. The summed E-state index contributed by atoms with van der Waals surface area (Å²) >= 11 is 3.33. The van der Waals surface area contributed by atoms with E-state index in [-0.39, 0.29) is 0 Å². The molecule has 72 valence electrons. The summed E-state index contributed by atoms with van der Waals surface area (Å²) in [7, 11) is -2.02. The van der Waals surface area contributed by atoms with Crippen LogP contribution >= 0.6 is 23.1 Å². The molecular weight excluding hydrogens is 249 g/mol. The maximum atomic E-state index is 11.6. The van der Waals surface area contributed by atoms with E-state index in [1.165, 1.54) is 0 Å². The summed E-state index contributed by atoms with van der Waals surface area (Å²) in [5, 5.41) is 0. The van der Waals surface area contributed by atoms with E-state index in [0.29, 0.717) is 11.8 Å². The van der Waals surface area contributed by atoms with Gasteiger partial charge in [-0.05, 0) is 31.0 Å². The molecule has 0 aliphatic carbocycles. The summed E-state index contributed by atoms with van der Waals surface area (Å²) in [6.45, 7) is 3.54. The lowest BCUT2D eigenvalue weighted by molar-refractivity contribution is 0.582. The van der Waals surface area contributed by atoms with Gasteiger partial charge in [0.05, 0.1) is 7.14 Å². The second-order valence-electron chi connectivity index (χ2n) is 3.58. The zero-order valence-electron chi connectivity index (χ0n) is 7.75. The fraction of sp³-hybridized carbons (Fsp3) is 0.333. The summed E-state index contributed by atoms with van der Waals surface area (Å²) in [5.41, 5.74) is 7.45. The molecule has 0 saturated heterocycles. The SMILES string of the molecule is CP(C)(=O)Cc1ccc(Br)cc1N. The number of nitrogens with two attached hydrogens (primary N) is 1. The van der Waals surface area contributed by atoms with E-state index in [0.717, 1.165) is 10.0 Å². The predicted octanol–water partition coefficient (Wildman–Crippen LogP) is 3.15. The minimum Gasteiger partial charge on any atom is -0.398 e. The fourth-order valence-electron chi connectivity index (χ4n) is 1.12. The summed E-state index contributed by atoms with van der Waals surface area (Å²) in [6, 6.07) is 5.67. The smallest absolute Gasteiger partial charge is 0.0861 e. The predicted molar refractivity (Wildman–Crippen MR) is 61.7 cm³/mol. The Morgan fingerprint density at radius 1 is 1.46 bits per heavy atom. The third-order valence-corrected chi connectivity index (χ3v) is 3.25. The molecule has 1 aromatic rings. The van der Waals surface area contributed by atoms with Gasteiger partial charge in [-0.25, -0.2) is 0 Å². The normalized spacial score (nSPS) is 11.6. The van der Waals surface area contributed by atoms with Crippen molar-refractivity contribution in [1.82, 2.24) is 0 Å². The van der Waals surface area contributed by atoms with Crippen molar-refractivity contribution in [2.24, 2.45) is 0 Å². The Kier molecular flexibility index (Phi) is 3.20. The van der Waals surface area contributed by atoms with Crippen LogP contribution in [0.1, 0.15) is 5.56 Å². The first kappa shape index (κ1) is 10.8. The number of hydrogen-bond acceptors (Lipinski definition) is 2. The molecule has 0 saturated carbocycles. The van der Waals surface area contributed by atoms with Crippen LogP contribution in [0.4, 0.5) is 5.69 Å². The zero-order valence-corrected chi connectivity index (χ0v) is 10.2. The molecule has 2 N–H and O–H groups in total. The van der Waals surface area contributed by atoms with Crippen molar-refractivity contribution >= 4 is 28.8 Å². The number of nitrogen functional groups attached to an aromatic ring is 1. The molecule has 0 bridgehead atoms. The van der Waals surface area contributed by atoms with E-state index in [4.69, 9.17) is 5.73 Å². The van der Waals surface area contributed by atoms with Gasteiger partial charge in [-0.1, -0.05) is 22.0 Å². The van der Waals surface area contributed by atoms with Crippen molar-refractivity contribution in [3.05, 3.63) is 28.2 Å². The summed E-state index contributed by atoms with van der Waals surface area (Å²) in [6.07, 6.45) is 0.576. The van der Waals surface area contributed by atoms with E-state index in [2.05, 4.69) is 15.9 Å². The molecule has 0 amide bonds. The van der Waals surface area contributed by atoms with Crippen molar-refractivity contribution in [3.63, 3.8) is 0 Å². The molecule has 0 aromatic heterocycles. The van der Waals surface area contributed by atoms with E-state index in [1.54, 1.807) is 13.3 Å². The van der Waals surface area contributed by atoms with Gasteiger partial charge in [-0.3, -0.25) is 0 Å². The quantitative estimate of drug-likeness (QED) is 0.657. The number of benzene rings is 1. The molecule has 0 fully saturated rings. The van der Waals surface area contributed by atoms with E-state index >= 15 is 0 Å². The van der Waals surface area contributed by atoms with Crippen molar-refractivity contribution in [3.8, 4) is 0 Å². The van der Waals surface area contributed by atoms with Crippen LogP contribution < -0.4 is 5.73 Å². The lowest BCUT2D eigenvalue weighted by Gasteiger charge is -2.09. The van der Waals surface area contributed by atoms with Crippen LogP contribution in [0.5, 0.6) is 0 Å². The first-order chi connectivity index (χ1) is 5.88. The van der Waals surface area contributed by atoms with E-state index in [9.17, 15) is 4.57 Å². The highest BCUT2D eigenvalue weighted by Crippen LogP contribution is 2.41. The third kappa shape index (κ3) is 3.53. The Morgan fingerprint density at radius 3 is 2.54 bits per heavy atom. The van der Waals surface area contributed by atoms with Gasteiger partial charge in [-0.15, -0.1) is 0 Å². The van der Waals surface area contributed by atoms with Gasteiger partial charge in [0.15, 0.2) is 0 Å². The molecule has 0 aliphatic heterocycles. The summed E-state index contributed by atoms with van der Waals surface area (Å²) in [5.74, 6) is 0. The van der Waals surface area contributed by atoms with Crippen molar-refractivity contribution in [2.75, 3.05) is 19.1 Å². The lowest BCUT2D eigenvalue weighted by Crippen LogP contribution is -1.94. The molecule has 0 radical (unpaired) electrons. The highest BCUT2D eigenvalue weighted by molar-refractivity contribution is 9.10. The van der Waals surface area contributed by atoms with E-state index < -0.39 is 7.14 Å². The molecule has 4 heteroatoms. The van der Waals surface area contributed by atoms with Gasteiger partial charge in [0.2, 0.25) is 0 Å². The standard InChI is InChI=1S/C9H13BrNOP/c1-13(2,12)6-7-3-4-8(10)5-9(7)11/h3-5H,6,11H2,1-2H3. The molecule has 0 unspecified atom stereocenters. The average molecular weight is 262 g/mol. The topological polar surface area (TPSA) is 43.1 Å². The minimum absolute atomic E-state index is 0.576. The largest absolute Gasteiger partial charge is 0.398 e. The van der Waals surface area contributed by atoms with Crippen LogP contribution in [0.2, 0.25) is 0 Å². The second kappa shape index (κ2) is 3.85. The molecule has 0 atom stereocenters. The van der Waals surface area contributed by atoms with Crippen LogP contribution in [0, 0.1) is 0 Å². The van der Waals surface area contributed by atoms with Crippen LogP contribution in [0.25, 0.3) is 0 Å². The Hall–Kier alpha value is -0.270. The monoisotopic (exact) mass is 261 g/mol. The zero-order chi connectivity index (χ0) is 10.1. The highest BCUT2D eigenvalue weighted by atomic mass is 79.9. The van der Waals surface area contributed by atoms with Gasteiger partial charge < -0.3 is 10.3 Å². The van der Waals surface area contributed by atoms with Crippen molar-refractivity contribution < 1.29 is 4.57 Å². The number of halogens is 1. The first-order valence-corrected chi connectivity index (χ1v) is 7.54. The average Bonchev–Trinajstić information content (AvgIpc) is 1.93. The summed E-state index contributed by atoms with van der Waals surface area (Å²) in [4.78, 5) is 0. The van der Waals surface area contributed by atoms with Gasteiger partial charge in [0.25, 0.3) is 0 Å². The first-order valence-electron chi connectivity index (χ1n) is 3.96. The fourth-order valence-corrected chi connectivity index (χ4v) is 2.61. The Labute approximate surface area is 87.0 Å². The van der Waals surface area contributed by atoms with Crippen LogP contribution in [0.15, 0.2) is 22.7 Å². The third-order valence-electron chi connectivity index (χ3n) is 1.66. The van der Waals surface area contributed by atoms with Gasteiger partial charge in [0, 0.05) is 16.3 Å². The Balaban J connectivity index is 2.97. The van der Waals surface area contributed by atoms with E-state index in [1.807, 2.05) is 18.2 Å². The second-order valence-corrected chi connectivity index (χ2v) is 7.95. The molecule has 1 rings (SSSR count).